The Morgan fingerprint density at radius 3 is 2.07 bits per heavy atom. The standard InChI is InChI=1S/C20H13Cl3N4/c21-12-5-7-15(8-6-12)24-19-17-3-1-2-4-18(17)26-20(27-19)25-16-10-13(22)9-14(23)11-16/h1-11H,(H2,24,25,26,27). The molecule has 0 radical (unpaired) electrons. The van der Waals surface area contributed by atoms with Crippen LogP contribution in [0.5, 0.6) is 0 Å². The maximum atomic E-state index is 6.07. The van der Waals surface area contributed by atoms with Crippen LogP contribution < -0.4 is 10.6 Å². The molecule has 27 heavy (non-hydrogen) atoms. The number of para-hydroxylation sites is 1. The Labute approximate surface area is 171 Å². The number of nitrogens with zero attached hydrogens (tertiary/aromatic N) is 2. The van der Waals surface area contributed by atoms with Gasteiger partial charge < -0.3 is 10.6 Å². The molecule has 0 saturated carbocycles. The van der Waals surface area contributed by atoms with Crippen LogP contribution in [0, 0.1) is 0 Å². The summed E-state index contributed by atoms with van der Waals surface area (Å²) in [4.78, 5) is 9.20. The van der Waals surface area contributed by atoms with Crippen LogP contribution in [0.25, 0.3) is 10.9 Å². The molecule has 1 heterocycles. The third-order valence-electron chi connectivity index (χ3n) is 3.83. The highest BCUT2D eigenvalue weighted by Gasteiger charge is 2.09. The van der Waals surface area contributed by atoms with E-state index >= 15 is 0 Å². The van der Waals surface area contributed by atoms with Crippen LogP contribution in [0.1, 0.15) is 0 Å². The molecule has 0 unspecified atom stereocenters. The predicted molar refractivity (Wildman–Crippen MR) is 114 cm³/mol. The highest BCUT2D eigenvalue weighted by Crippen LogP contribution is 2.28. The summed E-state index contributed by atoms with van der Waals surface area (Å²) in [5.41, 5.74) is 2.39. The molecule has 0 bridgehead atoms. The molecule has 0 spiro atoms. The number of aromatic nitrogens is 2. The van der Waals surface area contributed by atoms with Crippen LogP contribution in [0.4, 0.5) is 23.1 Å². The second-order valence-corrected chi connectivity index (χ2v) is 7.14. The first-order chi connectivity index (χ1) is 13.1. The molecule has 7 heteroatoms. The van der Waals surface area contributed by atoms with Gasteiger partial charge in [-0.05, 0) is 54.6 Å². The molecule has 4 aromatic rings. The quantitative estimate of drug-likeness (QED) is 0.374. The van der Waals surface area contributed by atoms with Gasteiger partial charge >= 0.3 is 0 Å². The second kappa shape index (κ2) is 7.61. The van der Waals surface area contributed by atoms with Crippen molar-refractivity contribution in [3.8, 4) is 0 Å². The number of anilines is 4. The monoisotopic (exact) mass is 414 g/mol. The summed E-state index contributed by atoms with van der Waals surface area (Å²) in [7, 11) is 0. The lowest BCUT2D eigenvalue weighted by molar-refractivity contribution is 1.21. The molecule has 0 aliphatic rings. The molecule has 0 amide bonds. The van der Waals surface area contributed by atoms with Gasteiger partial charge in [-0.15, -0.1) is 0 Å². The SMILES string of the molecule is Clc1ccc(Nc2nc(Nc3cc(Cl)cc(Cl)c3)nc3ccccc23)cc1. The first kappa shape index (κ1) is 17.9. The van der Waals surface area contributed by atoms with Gasteiger partial charge in [0.2, 0.25) is 5.95 Å². The smallest absolute Gasteiger partial charge is 0.229 e. The molecule has 4 nitrogen and oxygen atoms in total. The van der Waals surface area contributed by atoms with E-state index in [1.807, 2.05) is 48.5 Å². The minimum Gasteiger partial charge on any atom is -0.340 e. The Bertz CT molecular complexity index is 1090. The van der Waals surface area contributed by atoms with Crippen molar-refractivity contribution >= 4 is 68.8 Å². The molecular weight excluding hydrogens is 403 g/mol. The highest BCUT2D eigenvalue weighted by molar-refractivity contribution is 6.35. The van der Waals surface area contributed by atoms with Crippen LogP contribution in [0.15, 0.2) is 66.7 Å². The van der Waals surface area contributed by atoms with Gasteiger partial charge in [-0.2, -0.15) is 4.98 Å². The molecule has 0 saturated heterocycles. The highest BCUT2D eigenvalue weighted by atomic mass is 35.5. The maximum Gasteiger partial charge on any atom is 0.229 e. The minimum absolute atomic E-state index is 0.434. The Balaban J connectivity index is 1.74. The lowest BCUT2D eigenvalue weighted by atomic mass is 10.2. The Morgan fingerprint density at radius 2 is 1.33 bits per heavy atom. The largest absolute Gasteiger partial charge is 0.340 e. The fraction of sp³-hybridized carbons (Fsp3) is 0. The van der Waals surface area contributed by atoms with Gasteiger partial charge in [0.1, 0.15) is 5.82 Å². The summed E-state index contributed by atoms with van der Waals surface area (Å²) in [6, 6.07) is 20.4. The molecule has 4 rings (SSSR count). The van der Waals surface area contributed by atoms with Gasteiger partial charge in [-0.3, -0.25) is 0 Å². The van der Waals surface area contributed by atoms with Crippen LogP contribution in [0.3, 0.4) is 0 Å². The van der Waals surface area contributed by atoms with E-state index in [0.717, 1.165) is 16.6 Å². The number of benzene rings is 3. The first-order valence-corrected chi connectivity index (χ1v) is 9.23. The molecule has 0 aliphatic heterocycles. The summed E-state index contributed by atoms with van der Waals surface area (Å²) in [5.74, 6) is 1.11. The fourth-order valence-corrected chi connectivity index (χ4v) is 3.30. The topological polar surface area (TPSA) is 49.8 Å². The number of rotatable bonds is 4. The second-order valence-electron chi connectivity index (χ2n) is 5.83. The van der Waals surface area contributed by atoms with Crippen molar-refractivity contribution in [2.45, 2.75) is 0 Å². The average molecular weight is 416 g/mol. The van der Waals surface area contributed by atoms with Crippen molar-refractivity contribution in [1.82, 2.24) is 9.97 Å². The van der Waals surface area contributed by atoms with Crippen molar-refractivity contribution in [3.05, 3.63) is 81.8 Å². The minimum atomic E-state index is 0.434. The molecule has 3 aromatic carbocycles. The normalized spacial score (nSPS) is 10.8. The van der Waals surface area contributed by atoms with Gasteiger partial charge in [-0.1, -0.05) is 46.9 Å². The Hall–Kier alpha value is -2.53. The number of hydrogen-bond acceptors (Lipinski definition) is 4. The molecule has 0 aliphatic carbocycles. The van der Waals surface area contributed by atoms with Gasteiger partial charge in [0, 0.05) is 31.8 Å². The van der Waals surface area contributed by atoms with Crippen molar-refractivity contribution in [3.63, 3.8) is 0 Å². The molecule has 0 fully saturated rings. The molecule has 2 N–H and O–H groups in total. The zero-order valence-corrected chi connectivity index (χ0v) is 16.1. The van der Waals surface area contributed by atoms with Crippen LogP contribution in [-0.4, -0.2) is 9.97 Å². The van der Waals surface area contributed by atoms with Gasteiger partial charge in [0.05, 0.1) is 5.52 Å². The first-order valence-electron chi connectivity index (χ1n) is 8.09. The Morgan fingerprint density at radius 1 is 0.630 bits per heavy atom. The maximum absolute atomic E-state index is 6.07. The van der Waals surface area contributed by atoms with Gasteiger partial charge in [-0.25, -0.2) is 4.98 Å². The van der Waals surface area contributed by atoms with Crippen molar-refractivity contribution in [2.24, 2.45) is 0 Å². The van der Waals surface area contributed by atoms with Crippen LogP contribution in [0.2, 0.25) is 15.1 Å². The summed E-state index contributed by atoms with van der Waals surface area (Å²) in [5, 5.41) is 9.13. The third-order valence-corrected chi connectivity index (χ3v) is 4.52. The summed E-state index contributed by atoms with van der Waals surface area (Å²) in [6.45, 7) is 0. The predicted octanol–water partition coefficient (Wildman–Crippen LogP) is 7.08. The van der Waals surface area contributed by atoms with E-state index in [2.05, 4.69) is 20.6 Å². The fourth-order valence-electron chi connectivity index (χ4n) is 2.65. The van der Waals surface area contributed by atoms with E-state index in [9.17, 15) is 0 Å². The number of nitrogens with one attached hydrogen (secondary N) is 2. The van der Waals surface area contributed by atoms with E-state index in [-0.39, 0.29) is 0 Å². The lowest BCUT2D eigenvalue weighted by Gasteiger charge is -2.12. The van der Waals surface area contributed by atoms with E-state index < -0.39 is 0 Å². The van der Waals surface area contributed by atoms with E-state index in [4.69, 9.17) is 34.8 Å². The Kier molecular flexibility index (Phi) is 5.03. The summed E-state index contributed by atoms with van der Waals surface area (Å²) in [6.07, 6.45) is 0. The van der Waals surface area contributed by atoms with E-state index in [0.29, 0.717) is 32.5 Å². The zero-order valence-electron chi connectivity index (χ0n) is 13.9. The molecule has 1 aromatic heterocycles. The van der Waals surface area contributed by atoms with Crippen molar-refractivity contribution in [2.75, 3.05) is 10.6 Å². The summed E-state index contributed by atoms with van der Waals surface area (Å²) < 4.78 is 0. The molecule has 134 valence electrons. The number of hydrogen-bond donors (Lipinski definition) is 2. The number of fused-ring (bicyclic) bond motifs is 1. The van der Waals surface area contributed by atoms with E-state index in [1.54, 1.807) is 18.2 Å². The van der Waals surface area contributed by atoms with Gasteiger partial charge in [0.25, 0.3) is 0 Å². The molecule has 0 atom stereocenters. The average Bonchev–Trinajstić information content (AvgIpc) is 2.63. The van der Waals surface area contributed by atoms with Crippen LogP contribution in [-0.2, 0) is 0 Å². The number of halogens is 3. The van der Waals surface area contributed by atoms with Crippen LogP contribution >= 0.6 is 34.8 Å². The molecular formula is C20H13Cl3N4. The zero-order chi connectivity index (χ0) is 18.8. The third kappa shape index (κ3) is 4.25. The van der Waals surface area contributed by atoms with Crippen molar-refractivity contribution in [1.29, 1.82) is 0 Å². The van der Waals surface area contributed by atoms with Gasteiger partial charge in [0.15, 0.2) is 0 Å². The van der Waals surface area contributed by atoms with E-state index in [1.165, 1.54) is 0 Å². The summed E-state index contributed by atoms with van der Waals surface area (Å²) >= 11 is 18.1. The lowest BCUT2D eigenvalue weighted by Crippen LogP contribution is -2.02. The van der Waals surface area contributed by atoms with Crippen molar-refractivity contribution < 1.29 is 0 Å².